The lowest BCUT2D eigenvalue weighted by atomic mass is 9.86. The minimum Gasteiger partial charge on any atom is -0.396 e. The minimum absolute atomic E-state index is 0.0121. The van der Waals surface area contributed by atoms with E-state index < -0.39 is 4.92 Å². The van der Waals surface area contributed by atoms with Crippen LogP contribution in [0.2, 0.25) is 0 Å². The first-order valence-electron chi connectivity index (χ1n) is 7.02. The Balaban J connectivity index is 1.83. The van der Waals surface area contributed by atoms with Gasteiger partial charge in [0.2, 0.25) is 5.91 Å². The van der Waals surface area contributed by atoms with Gasteiger partial charge >= 0.3 is 5.69 Å². The zero-order chi connectivity index (χ0) is 15.5. The van der Waals surface area contributed by atoms with Crippen LogP contribution in [0.3, 0.4) is 0 Å². The van der Waals surface area contributed by atoms with Gasteiger partial charge in [-0.3, -0.25) is 19.6 Å². The van der Waals surface area contributed by atoms with E-state index in [0.29, 0.717) is 6.54 Å². The van der Waals surface area contributed by atoms with Gasteiger partial charge in [0.1, 0.15) is 12.4 Å². The highest BCUT2D eigenvalue weighted by Gasteiger charge is 2.38. The molecule has 8 nitrogen and oxygen atoms in total. The van der Waals surface area contributed by atoms with Crippen molar-refractivity contribution in [1.29, 1.82) is 0 Å². The lowest BCUT2D eigenvalue weighted by Crippen LogP contribution is -2.44. The Kier molecular flexibility index (Phi) is 4.56. The molecule has 0 saturated heterocycles. The maximum atomic E-state index is 11.9. The Morgan fingerprint density at radius 3 is 3.10 bits per heavy atom. The number of hydrogen-bond donors (Lipinski definition) is 2. The van der Waals surface area contributed by atoms with Crippen molar-refractivity contribution in [1.82, 2.24) is 15.1 Å². The highest BCUT2D eigenvalue weighted by molar-refractivity contribution is 5.76. The number of aromatic nitrogens is 2. The largest absolute Gasteiger partial charge is 0.396 e. The van der Waals surface area contributed by atoms with E-state index in [1.54, 1.807) is 0 Å². The number of nitrogens with one attached hydrogen (secondary N) is 1. The molecule has 116 valence electrons. The quantitative estimate of drug-likeness (QED) is 0.597. The van der Waals surface area contributed by atoms with Crippen molar-refractivity contribution in [2.45, 2.75) is 45.2 Å². The molecule has 1 fully saturated rings. The standard InChI is InChI=1S/C13H20N4O4/c1-13(9-18)5-2-3-11(13)15-12(19)4-6-16-8-10(7-14-16)17(20)21/h7-8,11,18H,2-6,9H2,1H3,(H,15,19). The molecule has 1 heterocycles. The highest BCUT2D eigenvalue weighted by Crippen LogP contribution is 2.37. The van der Waals surface area contributed by atoms with Crippen LogP contribution in [0.15, 0.2) is 12.4 Å². The summed E-state index contributed by atoms with van der Waals surface area (Å²) in [7, 11) is 0. The van der Waals surface area contributed by atoms with Gasteiger partial charge in [0.05, 0.1) is 11.5 Å². The van der Waals surface area contributed by atoms with Crippen molar-refractivity contribution in [3.8, 4) is 0 Å². The third kappa shape index (κ3) is 3.57. The van der Waals surface area contributed by atoms with Crippen molar-refractivity contribution >= 4 is 11.6 Å². The highest BCUT2D eigenvalue weighted by atomic mass is 16.6. The summed E-state index contributed by atoms with van der Waals surface area (Å²) in [6.45, 7) is 2.33. The normalized spacial score (nSPS) is 25.0. The summed E-state index contributed by atoms with van der Waals surface area (Å²) in [4.78, 5) is 22.0. The SMILES string of the molecule is CC1(CO)CCCC1NC(=O)CCn1cc([N+](=O)[O-])cn1. The number of carbonyl (C=O) groups excluding carboxylic acids is 1. The Morgan fingerprint density at radius 1 is 1.71 bits per heavy atom. The molecule has 0 spiro atoms. The molecule has 8 heteroatoms. The summed E-state index contributed by atoms with van der Waals surface area (Å²) < 4.78 is 1.39. The molecule has 0 aliphatic heterocycles. The molecule has 0 aromatic carbocycles. The Hall–Kier alpha value is -1.96. The molecule has 1 aromatic heterocycles. The number of hydrogen-bond acceptors (Lipinski definition) is 5. The van der Waals surface area contributed by atoms with Gasteiger partial charge in [-0.05, 0) is 12.8 Å². The molecule has 2 atom stereocenters. The second kappa shape index (κ2) is 6.21. The number of amides is 1. The molecular weight excluding hydrogens is 276 g/mol. The fourth-order valence-electron chi connectivity index (χ4n) is 2.72. The Morgan fingerprint density at radius 2 is 2.48 bits per heavy atom. The molecular formula is C13H20N4O4. The molecule has 1 aliphatic rings. The predicted molar refractivity (Wildman–Crippen MR) is 74.5 cm³/mol. The zero-order valence-corrected chi connectivity index (χ0v) is 12.0. The monoisotopic (exact) mass is 296 g/mol. The molecule has 2 rings (SSSR count). The fourth-order valence-corrected chi connectivity index (χ4v) is 2.72. The van der Waals surface area contributed by atoms with E-state index in [-0.39, 0.29) is 36.1 Å². The van der Waals surface area contributed by atoms with Gasteiger partial charge in [-0.15, -0.1) is 0 Å². The van der Waals surface area contributed by atoms with Crippen molar-refractivity contribution in [2.24, 2.45) is 5.41 Å². The lowest BCUT2D eigenvalue weighted by molar-refractivity contribution is -0.385. The van der Waals surface area contributed by atoms with Crippen LogP contribution in [0, 0.1) is 15.5 Å². The van der Waals surface area contributed by atoms with Crippen LogP contribution < -0.4 is 5.32 Å². The molecule has 2 unspecified atom stereocenters. The number of aliphatic hydroxyl groups is 1. The number of carbonyl (C=O) groups is 1. The Labute approximate surface area is 122 Å². The van der Waals surface area contributed by atoms with E-state index >= 15 is 0 Å². The molecule has 1 aliphatic carbocycles. The van der Waals surface area contributed by atoms with E-state index in [1.165, 1.54) is 10.9 Å². The molecule has 1 saturated carbocycles. The van der Waals surface area contributed by atoms with Gasteiger partial charge in [0.25, 0.3) is 0 Å². The first-order valence-corrected chi connectivity index (χ1v) is 7.02. The number of nitro groups is 1. The predicted octanol–water partition coefficient (Wildman–Crippen LogP) is 0.849. The zero-order valence-electron chi connectivity index (χ0n) is 12.0. The van der Waals surface area contributed by atoms with Crippen LogP contribution in [-0.2, 0) is 11.3 Å². The molecule has 2 N–H and O–H groups in total. The summed E-state index contributed by atoms with van der Waals surface area (Å²) in [5.74, 6) is -0.125. The van der Waals surface area contributed by atoms with Gasteiger partial charge in [-0.2, -0.15) is 5.10 Å². The van der Waals surface area contributed by atoms with E-state index in [9.17, 15) is 20.0 Å². The average Bonchev–Trinajstić information content (AvgIpc) is 3.05. The smallest absolute Gasteiger partial charge is 0.306 e. The van der Waals surface area contributed by atoms with Crippen molar-refractivity contribution < 1.29 is 14.8 Å². The molecule has 0 radical (unpaired) electrons. The molecule has 0 bridgehead atoms. The summed E-state index contributed by atoms with van der Waals surface area (Å²) in [6.07, 6.45) is 5.44. The van der Waals surface area contributed by atoms with Crippen LogP contribution in [0.25, 0.3) is 0 Å². The maximum absolute atomic E-state index is 11.9. The van der Waals surface area contributed by atoms with Gasteiger partial charge in [-0.25, -0.2) is 0 Å². The molecule has 1 amide bonds. The first kappa shape index (κ1) is 15.4. The number of aliphatic hydroxyl groups excluding tert-OH is 1. The van der Waals surface area contributed by atoms with Crippen LogP contribution in [0.4, 0.5) is 5.69 Å². The van der Waals surface area contributed by atoms with Crippen molar-refractivity contribution in [3.63, 3.8) is 0 Å². The fraction of sp³-hybridized carbons (Fsp3) is 0.692. The van der Waals surface area contributed by atoms with Gasteiger partial charge in [-0.1, -0.05) is 13.3 Å². The third-order valence-electron chi connectivity index (χ3n) is 4.18. The topological polar surface area (TPSA) is 110 Å². The summed E-state index contributed by atoms with van der Waals surface area (Å²) in [5.41, 5.74) is -0.334. The van der Waals surface area contributed by atoms with E-state index in [4.69, 9.17) is 0 Å². The van der Waals surface area contributed by atoms with Crippen LogP contribution in [0.1, 0.15) is 32.6 Å². The van der Waals surface area contributed by atoms with Gasteiger partial charge in [0, 0.05) is 24.4 Å². The molecule has 1 aromatic rings. The third-order valence-corrected chi connectivity index (χ3v) is 4.18. The van der Waals surface area contributed by atoms with E-state index in [0.717, 1.165) is 25.5 Å². The summed E-state index contributed by atoms with van der Waals surface area (Å²) >= 11 is 0. The first-order chi connectivity index (χ1) is 9.94. The maximum Gasteiger partial charge on any atom is 0.306 e. The van der Waals surface area contributed by atoms with E-state index in [1.807, 2.05) is 6.92 Å². The van der Waals surface area contributed by atoms with Gasteiger partial charge in [0.15, 0.2) is 0 Å². The lowest BCUT2D eigenvalue weighted by Gasteiger charge is -2.30. The summed E-state index contributed by atoms with van der Waals surface area (Å²) in [6, 6.07) is -0.0121. The summed E-state index contributed by atoms with van der Waals surface area (Å²) in [5, 5.41) is 26.8. The second-order valence-electron chi connectivity index (χ2n) is 5.79. The van der Waals surface area contributed by atoms with Gasteiger partial charge < -0.3 is 10.4 Å². The van der Waals surface area contributed by atoms with Crippen LogP contribution in [-0.4, -0.2) is 38.4 Å². The average molecular weight is 296 g/mol. The number of aryl methyl sites for hydroxylation is 1. The number of nitrogens with zero attached hydrogens (tertiary/aromatic N) is 3. The van der Waals surface area contributed by atoms with E-state index in [2.05, 4.69) is 10.4 Å². The Bertz CT molecular complexity index is 530. The van der Waals surface area contributed by atoms with Crippen molar-refractivity contribution in [2.75, 3.05) is 6.61 Å². The minimum atomic E-state index is -0.519. The van der Waals surface area contributed by atoms with Crippen molar-refractivity contribution in [3.05, 3.63) is 22.5 Å². The van der Waals surface area contributed by atoms with Crippen LogP contribution in [0.5, 0.6) is 0 Å². The molecule has 21 heavy (non-hydrogen) atoms. The van der Waals surface area contributed by atoms with Crippen LogP contribution >= 0.6 is 0 Å². The number of rotatable bonds is 6. The second-order valence-corrected chi connectivity index (χ2v) is 5.79.